The second-order valence-corrected chi connectivity index (χ2v) is 5.20. The van der Waals surface area contributed by atoms with Gasteiger partial charge in [-0.25, -0.2) is 5.43 Å². The molecule has 0 saturated carbocycles. The SMILES string of the molecule is O=C(CCN1CCOCC1)N/N=C\c1ccc(I)o1. The number of nitrogens with one attached hydrogen (secondary N) is 1. The fraction of sp³-hybridized carbons (Fsp3) is 0.500. The highest BCUT2D eigenvalue weighted by Crippen LogP contribution is 2.07. The Morgan fingerprint density at radius 3 is 2.95 bits per heavy atom. The van der Waals surface area contributed by atoms with Gasteiger partial charge in [0.15, 0.2) is 3.77 Å². The summed E-state index contributed by atoms with van der Waals surface area (Å²) in [6.07, 6.45) is 1.93. The minimum absolute atomic E-state index is 0.0935. The van der Waals surface area contributed by atoms with E-state index in [2.05, 4.69) is 38.0 Å². The molecule has 19 heavy (non-hydrogen) atoms. The lowest BCUT2D eigenvalue weighted by molar-refractivity contribution is -0.121. The third kappa shape index (κ3) is 5.29. The van der Waals surface area contributed by atoms with Gasteiger partial charge >= 0.3 is 0 Å². The molecule has 0 radical (unpaired) electrons. The Morgan fingerprint density at radius 2 is 2.26 bits per heavy atom. The van der Waals surface area contributed by atoms with Crippen LogP contribution in [0.25, 0.3) is 0 Å². The van der Waals surface area contributed by atoms with Gasteiger partial charge in [-0.2, -0.15) is 5.10 Å². The van der Waals surface area contributed by atoms with Gasteiger partial charge in [0.2, 0.25) is 5.91 Å². The molecule has 1 aliphatic heterocycles. The zero-order valence-electron chi connectivity index (χ0n) is 10.5. The van der Waals surface area contributed by atoms with Crippen molar-refractivity contribution in [2.24, 2.45) is 5.10 Å². The minimum Gasteiger partial charge on any atom is -0.449 e. The number of hydrogen-bond acceptors (Lipinski definition) is 5. The molecular formula is C12H16IN3O3. The number of furan rings is 1. The summed E-state index contributed by atoms with van der Waals surface area (Å²) in [6, 6.07) is 3.63. The van der Waals surface area contributed by atoms with E-state index < -0.39 is 0 Å². The van der Waals surface area contributed by atoms with Crippen molar-refractivity contribution in [3.8, 4) is 0 Å². The monoisotopic (exact) mass is 377 g/mol. The molecule has 104 valence electrons. The van der Waals surface area contributed by atoms with E-state index in [0.717, 1.165) is 36.6 Å². The third-order valence-electron chi connectivity index (χ3n) is 2.73. The number of hydrogen-bond donors (Lipinski definition) is 1. The molecule has 0 bridgehead atoms. The molecule has 0 aromatic carbocycles. The van der Waals surface area contributed by atoms with Gasteiger partial charge in [0.05, 0.1) is 19.4 Å². The molecule has 7 heteroatoms. The normalized spacial score (nSPS) is 16.9. The summed E-state index contributed by atoms with van der Waals surface area (Å²) >= 11 is 2.07. The Hall–Kier alpha value is -0.930. The number of halogens is 1. The molecule has 1 amide bonds. The summed E-state index contributed by atoms with van der Waals surface area (Å²) in [6.45, 7) is 4.01. The molecule has 2 rings (SSSR count). The largest absolute Gasteiger partial charge is 0.449 e. The molecule has 1 fully saturated rings. The van der Waals surface area contributed by atoms with E-state index in [0.29, 0.717) is 12.2 Å². The van der Waals surface area contributed by atoms with Gasteiger partial charge in [0.1, 0.15) is 5.76 Å². The average molecular weight is 377 g/mol. The summed E-state index contributed by atoms with van der Waals surface area (Å²) in [5, 5.41) is 3.85. The molecule has 0 atom stereocenters. The van der Waals surface area contributed by atoms with E-state index >= 15 is 0 Å². The number of amides is 1. The predicted molar refractivity (Wildman–Crippen MR) is 79.0 cm³/mol. The van der Waals surface area contributed by atoms with Crippen LogP contribution in [0, 0.1) is 3.77 Å². The van der Waals surface area contributed by atoms with Gasteiger partial charge in [-0.15, -0.1) is 0 Å². The highest BCUT2D eigenvalue weighted by molar-refractivity contribution is 14.1. The van der Waals surface area contributed by atoms with Crippen molar-refractivity contribution in [2.45, 2.75) is 6.42 Å². The van der Waals surface area contributed by atoms with Gasteiger partial charge in [0, 0.05) is 26.1 Å². The number of rotatable bonds is 5. The van der Waals surface area contributed by atoms with Gasteiger partial charge in [-0.05, 0) is 34.7 Å². The first kappa shape index (κ1) is 14.5. The smallest absolute Gasteiger partial charge is 0.241 e. The number of morpholine rings is 1. The van der Waals surface area contributed by atoms with Crippen LogP contribution in [0.5, 0.6) is 0 Å². The number of hydrazone groups is 1. The molecule has 1 aliphatic rings. The molecule has 1 aromatic rings. The Kier molecular flexibility index (Phi) is 5.80. The van der Waals surface area contributed by atoms with Crippen LogP contribution in [0.15, 0.2) is 21.7 Å². The number of carbonyl (C=O) groups excluding carboxylic acids is 1. The second kappa shape index (κ2) is 7.61. The van der Waals surface area contributed by atoms with Crippen molar-refractivity contribution >= 4 is 34.7 Å². The van der Waals surface area contributed by atoms with Crippen LogP contribution in [-0.2, 0) is 9.53 Å². The van der Waals surface area contributed by atoms with E-state index in [1.807, 2.05) is 6.07 Å². The minimum atomic E-state index is -0.0935. The first-order chi connectivity index (χ1) is 9.24. The summed E-state index contributed by atoms with van der Waals surface area (Å²) < 4.78 is 11.3. The lowest BCUT2D eigenvalue weighted by atomic mass is 10.3. The summed E-state index contributed by atoms with van der Waals surface area (Å²) in [5.74, 6) is 0.530. The molecule has 0 unspecified atom stereocenters. The predicted octanol–water partition coefficient (Wildman–Crippen LogP) is 1.06. The van der Waals surface area contributed by atoms with Crippen molar-refractivity contribution in [3.05, 3.63) is 21.7 Å². The van der Waals surface area contributed by atoms with Crippen molar-refractivity contribution in [3.63, 3.8) is 0 Å². The maximum Gasteiger partial charge on any atom is 0.241 e. The fourth-order valence-electron chi connectivity index (χ4n) is 1.71. The van der Waals surface area contributed by atoms with Crippen LogP contribution in [0.2, 0.25) is 0 Å². The fourth-order valence-corrected chi connectivity index (χ4v) is 2.14. The summed E-state index contributed by atoms with van der Waals surface area (Å²) in [7, 11) is 0. The van der Waals surface area contributed by atoms with Crippen LogP contribution in [0.1, 0.15) is 12.2 Å². The van der Waals surface area contributed by atoms with Crippen LogP contribution in [-0.4, -0.2) is 49.9 Å². The molecule has 0 spiro atoms. The zero-order chi connectivity index (χ0) is 13.5. The standard InChI is InChI=1S/C12H16IN3O3/c13-11-2-1-10(19-11)9-14-15-12(17)3-4-16-5-7-18-8-6-16/h1-2,9H,3-8H2,(H,15,17)/b14-9-. The van der Waals surface area contributed by atoms with Gasteiger partial charge in [-0.3, -0.25) is 9.69 Å². The van der Waals surface area contributed by atoms with Gasteiger partial charge in [0.25, 0.3) is 0 Å². The molecular weight excluding hydrogens is 361 g/mol. The van der Waals surface area contributed by atoms with Crippen molar-refractivity contribution in [1.82, 2.24) is 10.3 Å². The number of nitrogens with zero attached hydrogens (tertiary/aromatic N) is 2. The van der Waals surface area contributed by atoms with E-state index in [4.69, 9.17) is 9.15 Å². The molecule has 2 heterocycles. The highest BCUT2D eigenvalue weighted by atomic mass is 127. The lowest BCUT2D eigenvalue weighted by Crippen LogP contribution is -2.38. The highest BCUT2D eigenvalue weighted by Gasteiger charge is 2.11. The lowest BCUT2D eigenvalue weighted by Gasteiger charge is -2.25. The quantitative estimate of drug-likeness (QED) is 0.474. The molecule has 0 aliphatic carbocycles. The van der Waals surface area contributed by atoms with Gasteiger partial charge < -0.3 is 9.15 Å². The number of carbonyl (C=O) groups is 1. The van der Waals surface area contributed by atoms with Crippen LogP contribution >= 0.6 is 22.6 Å². The number of ether oxygens (including phenoxy) is 1. The maximum absolute atomic E-state index is 11.6. The first-order valence-electron chi connectivity index (χ1n) is 6.11. The second-order valence-electron chi connectivity index (χ2n) is 4.14. The zero-order valence-corrected chi connectivity index (χ0v) is 12.6. The summed E-state index contributed by atoms with van der Waals surface area (Å²) in [5.41, 5.74) is 2.49. The molecule has 1 N–H and O–H groups in total. The topological polar surface area (TPSA) is 67.1 Å². The molecule has 1 saturated heterocycles. The van der Waals surface area contributed by atoms with Crippen molar-refractivity contribution < 1.29 is 13.9 Å². The Morgan fingerprint density at radius 1 is 1.47 bits per heavy atom. The molecule has 1 aromatic heterocycles. The van der Waals surface area contributed by atoms with E-state index in [1.165, 1.54) is 6.21 Å². The first-order valence-corrected chi connectivity index (χ1v) is 7.19. The van der Waals surface area contributed by atoms with Crippen LogP contribution in [0.4, 0.5) is 0 Å². The van der Waals surface area contributed by atoms with Crippen molar-refractivity contribution in [2.75, 3.05) is 32.8 Å². The Labute approximate surface area is 125 Å². The van der Waals surface area contributed by atoms with Crippen LogP contribution in [0.3, 0.4) is 0 Å². The third-order valence-corrected chi connectivity index (χ3v) is 3.31. The Balaban J connectivity index is 1.65. The van der Waals surface area contributed by atoms with E-state index in [1.54, 1.807) is 6.07 Å². The summed E-state index contributed by atoms with van der Waals surface area (Å²) in [4.78, 5) is 13.8. The van der Waals surface area contributed by atoms with Gasteiger partial charge in [-0.1, -0.05) is 0 Å². The Bertz CT molecular complexity index is 441. The average Bonchev–Trinajstić information content (AvgIpc) is 2.83. The van der Waals surface area contributed by atoms with Crippen molar-refractivity contribution in [1.29, 1.82) is 0 Å². The molecule has 6 nitrogen and oxygen atoms in total. The van der Waals surface area contributed by atoms with Crippen LogP contribution < -0.4 is 5.43 Å². The van der Waals surface area contributed by atoms with E-state index in [9.17, 15) is 4.79 Å². The maximum atomic E-state index is 11.6. The van der Waals surface area contributed by atoms with E-state index in [-0.39, 0.29) is 5.91 Å².